The second-order valence-electron chi connectivity index (χ2n) is 6.12. The van der Waals surface area contributed by atoms with Gasteiger partial charge in [0.25, 0.3) is 11.8 Å². The molecule has 2 amide bonds. The summed E-state index contributed by atoms with van der Waals surface area (Å²) >= 11 is 9.29. The van der Waals surface area contributed by atoms with Crippen molar-refractivity contribution in [3.8, 4) is 0 Å². The molecule has 0 aliphatic carbocycles. The Balaban J connectivity index is 1.89. The Morgan fingerprint density at radius 2 is 1.77 bits per heavy atom. The number of piperidine rings is 1. The molecule has 7 heteroatoms. The van der Waals surface area contributed by atoms with Crippen LogP contribution in [0.5, 0.6) is 0 Å². The maximum atomic E-state index is 13.5. The lowest BCUT2D eigenvalue weighted by Crippen LogP contribution is -2.36. The molecule has 0 saturated carbocycles. The molecule has 1 aliphatic heterocycles. The first-order valence-electron chi connectivity index (χ1n) is 8.31. The van der Waals surface area contributed by atoms with Crippen LogP contribution in [0.3, 0.4) is 0 Å². The maximum Gasteiger partial charge on any atom is 0.256 e. The first kappa shape index (κ1) is 18.9. The summed E-state index contributed by atoms with van der Waals surface area (Å²) in [5.74, 6) is -1.18. The van der Waals surface area contributed by atoms with Gasteiger partial charge in [0, 0.05) is 22.6 Å². The second kappa shape index (κ2) is 8.18. The summed E-state index contributed by atoms with van der Waals surface area (Å²) < 4.78 is 13.9. The summed E-state index contributed by atoms with van der Waals surface area (Å²) in [4.78, 5) is 27.2. The van der Waals surface area contributed by atoms with Gasteiger partial charge in [0.2, 0.25) is 0 Å². The third kappa shape index (κ3) is 4.24. The number of nitrogens with zero attached hydrogens (tertiary/aromatic N) is 1. The highest BCUT2D eigenvalue weighted by atomic mass is 79.9. The van der Waals surface area contributed by atoms with E-state index < -0.39 is 11.7 Å². The zero-order valence-electron chi connectivity index (χ0n) is 13.9. The topological polar surface area (TPSA) is 49.4 Å². The monoisotopic (exact) mass is 438 g/mol. The van der Waals surface area contributed by atoms with Crippen molar-refractivity contribution in [2.45, 2.75) is 19.3 Å². The minimum Gasteiger partial charge on any atom is -0.339 e. The minimum absolute atomic E-state index is 0.140. The zero-order chi connectivity index (χ0) is 18.7. The Bertz CT molecular complexity index is 853. The molecule has 1 heterocycles. The Morgan fingerprint density at radius 3 is 2.50 bits per heavy atom. The molecule has 26 heavy (non-hydrogen) atoms. The highest BCUT2D eigenvalue weighted by Crippen LogP contribution is 2.26. The highest BCUT2D eigenvalue weighted by Gasteiger charge is 2.22. The number of rotatable bonds is 3. The quantitative estimate of drug-likeness (QED) is 0.721. The van der Waals surface area contributed by atoms with E-state index in [9.17, 15) is 14.0 Å². The fourth-order valence-electron chi connectivity index (χ4n) is 2.93. The van der Waals surface area contributed by atoms with Crippen LogP contribution in [0.15, 0.2) is 40.9 Å². The maximum absolute atomic E-state index is 13.5. The van der Waals surface area contributed by atoms with E-state index in [1.807, 2.05) is 0 Å². The average molecular weight is 440 g/mol. The number of hydrogen-bond donors (Lipinski definition) is 1. The van der Waals surface area contributed by atoms with Crippen LogP contribution in [0.1, 0.15) is 40.0 Å². The van der Waals surface area contributed by atoms with Gasteiger partial charge in [-0.25, -0.2) is 4.39 Å². The van der Waals surface area contributed by atoms with E-state index >= 15 is 0 Å². The number of nitrogens with one attached hydrogen (secondary N) is 1. The average Bonchev–Trinajstić information content (AvgIpc) is 2.64. The van der Waals surface area contributed by atoms with Crippen molar-refractivity contribution in [2.75, 3.05) is 18.4 Å². The van der Waals surface area contributed by atoms with Crippen molar-refractivity contribution in [3.05, 3.63) is 62.8 Å². The van der Waals surface area contributed by atoms with Crippen LogP contribution in [0.25, 0.3) is 0 Å². The number of hydrogen-bond acceptors (Lipinski definition) is 2. The number of carbonyl (C=O) groups is 2. The van der Waals surface area contributed by atoms with Gasteiger partial charge >= 0.3 is 0 Å². The molecule has 2 aromatic carbocycles. The van der Waals surface area contributed by atoms with Crippen LogP contribution in [0, 0.1) is 5.82 Å². The molecule has 4 nitrogen and oxygen atoms in total. The van der Waals surface area contributed by atoms with Crippen LogP contribution in [0.2, 0.25) is 5.02 Å². The standard InChI is InChI=1S/C19H17BrClFN2O2/c20-16-7-5-13(22)11-15(16)18(25)23-17-10-12(21)4-6-14(17)19(26)24-8-2-1-3-9-24/h4-7,10-11H,1-3,8-9H2,(H,23,25). The van der Waals surface area contributed by atoms with Gasteiger partial charge in [-0.1, -0.05) is 11.6 Å². The summed E-state index contributed by atoms with van der Waals surface area (Å²) in [6, 6.07) is 8.61. The van der Waals surface area contributed by atoms with Crippen LogP contribution >= 0.6 is 27.5 Å². The number of carbonyl (C=O) groups excluding carboxylic acids is 2. The Morgan fingerprint density at radius 1 is 1.04 bits per heavy atom. The Kier molecular flexibility index (Phi) is 5.94. The molecule has 2 aromatic rings. The molecule has 0 bridgehead atoms. The SMILES string of the molecule is O=C(Nc1cc(Cl)ccc1C(=O)N1CCCCC1)c1cc(F)ccc1Br. The molecule has 0 unspecified atom stereocenters. The van der Waals surface area contributed by atoms with Crippen molar-refractivity contribution in [2.24, 2.45) is 0 Å². The van der Waals surface area contributed by atoms with Crippen molar-refractivity contribution < 1.29 is 14.0 Å². The van der Waals surface area contributed by atoms with Gasteiger partial charge in [-0.2, -0.15) is 0 Å². The van der Waals surface area contributed by atoms with Crippen LogP contribution in [-0.4, -0.2) is 29.8 Å². The van der Waals surface area contributed by atoms with Crippen molar-refractivity contribution in [1.82, 2.24) is 4.90 Å². The van der Waals surface area contributed by atoms with Gasteiger partial charge in [0.05, 0.1) is 16.8 Å². The van der Waals surface area contributed by atoms with Crippen molar-refractivity contribution in [3.63, 3.8) is 0 Å². The summed E-state index contributed by atoms with van der Waals surface area (Å²) in [5.41, 5.74) is 0.827. The summed E-state index contributed by atoms with van der Waals surface area (Å²) in [6.07, 6.45) is 3.05. The Hall–Kier alpha value is -1.92. The fraction of sp³-hybridized carbons (Fsp3) is 0.263. The number of benzene rings is 2. The van der Waals surface area contributed by atoms with Crippen LogP contribution in [-0.2, 0) is 0 Å². The number of anilines is 1. The van der Waals surface area contributed by atoms with Gasteiger partial charge in [0.15, 0.2) is 0 Å². The largest absolute Gasteiger partial charge is 0.339 e. The highest BCUT2D eigenvalue weighted by molar-refractivity contribution is 9.10. The third-order valence-corrected chi connectivity index (χ3v) is 5.20. The van der Waals surface area contributed by atoms with E-state index in [2.05, 4.69) is 21.2 Å². The lowest BCUT2D eigenvalue weighted by atomic mass is 10.1. The van der Waals surface area contributed by atoms with Crippen LogP contribution in [0.4, 0.5) is 10.1 Å². The van der Waals surface area contributed by atoms with E-state index in [0.29, 0.717) is 33.8 Å². The van der Waals surface area contributed by atoms with Gasteiger partial charge < -0.3 is 10.2 Å². The predicted octanol–water partition coefficient (Wildman–Crippen LogP) is 5.12. The lowest BCUT2D eigenvalue weighted by Gasteiger charge is -2.27. The molecule has 0 radical (unpaired) electrons. The summed E-state index contributed by atoms with van der Waals surface area (Å²) in [7, 11) is 0. The second-order valence-corrected chi connectivity index (χ2v) is 7.41. The molecular weight excluding hydrogens is 423 g/mol. The van der Waals surface area contributed by atoms with Gasteiger partial charge in [-0.3, -0.25) is 9.59 Å². The first-order chi connectivity index (χ1) is 12.5. The Labute approximate surface area is 164 Å². The first-order valence-corrected chi connectivity index (χ1v) is 9.48. The van der Waals surface area contributed by atoms with E-state index in [1.54, 1.807) is 17.0 Å². The molecule has 0 spiro atoms. The molecule has 1 aliphatic rings. The normalized spacial score (nSPS) is 14.2. The summed E-state index contributed by atoms with van der Waals surface area (Å²) in [6.45, 7) is 1.40. The third-order valence-electron chi connectivity index (χ3n) is 4.28. The van der Waals surface area contributed by atoms with Gasteiger partial charge in [-0.05, 0) is 71.6 Å². The molecule has 0 aromatic heterocycles. The fourth-order valence-corrected chi connectivity index (χ4v) is 3.53. The van der Waals surface area contributed by atoms with Crippen LogP contribution < -0.4 is 5.32 Å². The molecule has 136 valence electrons. The van der Waals surface area contributed by atoms with E-state index in [4.69, 9.17) is 11.6 Å². The summed E-state index contributed by atoms with van der Waals surface area (Å²) in [5, 5.41) is 3.09. The number of halogens is 3. The van der Waals surface area contributed by atoms with E-state index in [0.717, 1.165) is 25.3 Å². The van der Waals surface area contributed by atoms with Gasteiger partial charge in [-0.15, -0.1) is 0 Å². The molecule has 1 saturated heterocycles. The molecule has 1 fully saturated rings. The molecule has 3 rings (SSSR count). The molecule has 1 N–H and O–H groups in total. The smallest absolute Gasteiger partial charge is 0.256 e. The molecular formula is C19H17BrClFN2O2. The number of likely N-dealkylation sites (tertiary alicyclic amines) is 1. The van der Waals surface area contributed by atoms with Gasteiger partial charge in [0.1, 0.15) is 5.82 Å². The molecule has 0 atom stereocenters. The van der Waals surface area contributed by atoms with Crippen molar-refractivity contribution >= 4 is 45.0 Å². The van der Waals surface area contributed by atoms with E-state index in [-0.39, 0.29) is 11.5 Å². The minimum atomic E-state index is -0.522. The van der Waals surface area contributed by atoms with E-state index in [1.165, 1.54) is 18.2 Å². The predicted molar refractivity (Wildman–Crippen MR) is 103 cm³/mol. The number of amides is 2. The zero-order valence-corrected chi connectivity index (χ0v) is 16.2. The van der Waals surface area contributed by atoms with Crippen molar-refractivity contribution in [1.29, 1.82) is 0 Å². The lowest BCUT2D eigenvalue weighted by molar-refractivity contribution is 0.0725.